The number of carbonyl (C=O) groups is 1. The van der Waals surface area contributed by atoms with Crippen molar-refractivity contribution < 1.29 is 9.72 Å². The van der Waals surface area contributed by atoms with Crippen molar-refractivity contribution in [3.63, 3.8) is 0 Å². The Hall–Kier alpha value is -2.07. The van der Waals surface area contributed by atoms with E-state index in [-0.39, 0.29) is 23.3 Å². The molecule has 1 amide bonds. The first-order chi connectivity index (χ1) is 12.0. The van der Waals surface area contributed by atoms with Gasteiger partial charge in [0.25, 0.3) is 5.91 Å². The molecule has 3 aromatic rings. The molecular formula is C16H17ClN4O3S2. The van der Waals surface area contributed by atoms with Crippen LogP contribution in [0.5, 0.6) is 0 Å². The third-order valence-electron chi connectivity index (χ3n) is 3.51. The Kier molecular flexibility index (Phi) is 6.65. The summed E-state index contributed by atoms with van der Waals surface area (Å²) in [6.07, 6.45) is 0. The minimum Gasteiger partial charge on any atom is -0.308 e. The molecule has 0 aliphatic heterocycles. The summed E-state index contributed by atoms with van der Waals surface area (Å²) in [5.41, 5.74) is 0.835. The molecule has 0 fully saturated rings. The average Bonchev–Trinajstić information content (AvgIpc) is 3.21. The van der Waals surface area contributed by atoms with Gasteiger partial charge in [-0.1, -0.05) is 34.8 Å². The first-order valence-corrected chi connectivity index (χ1v) is 9.15. The molecule has 0 atom stereocenters. The highest BCUT2D eigenvalue weighted by Gasteiger charge is 2.24. The van der Waals surface area contributed by atoms with E-state index in [1.54, 1.807) is 4.90 Å². The van der Waals surface area contributed by atoms with E-state index in [1.807, 2.05) is 43.3 Å². The van der Waals surface area contributed by atoms with Gasteiger partial charge >= 0.3 is 5.00 Å². The Morgan fingerprint density at radius 3 is 2.50 bits per heavy atom. The highest BCUT2D eigenvalue weighted by molar-refractivity contribution is 7.22. The van der Waals surface area contributed by atoms with Crippen molar-refractivity contribution in [2.45, 2.75) is 0 Å². The molecule has 3 rings (SSSR count). The number of benzene rings is 1. The van der Waals surface area contributed by atoms with Crippen LogP contribution < -0.4 is 4.90 Å². The van der Waals surface area contributed by atoms with E-state index in [0.29, 0.717) is 23.1 Å². The predicted octanol–water partition coefficient (Wildman–Crippen LogP) is 3.90. The Labute approximate surface area is 164 Å². The van der Waals surface area contributed by atoms with Gasteiger partial charge in [0, 0.05) is 19.2 Å². The van der Waals surface area contributed by atoms with Crippen molar-refractivity contribution in [2.24, 2.45) is 0 Å². The Balaban J connectivity index is 0.00000243. The van der Waals surface area contributed by atoms with E-state index >= 15 is 0 Å². The maximum Gasteiger partial charge on any atom is 0.324 e. The van der Waals surface area contributed by atoms with Crippen LogP contribution >= 0.6 is 35.1 Å². The first-order valence-electron chi connectivity index (χ1n) is 7.52. The predicted molar refractivity (Wildman–Crippen MR) is 108 cm³/mol. The van der Waals surface area contributed by atoms with E-state index in [4.69, 9.17) is 0 Å². The van der Waals surface area contributed by atoms with Gasteiger partial charge in [0.15, 0.2) is 5.13 Å². The van der Waals surface area contributed by atoms with Crippen molar-refractivity contribution in [3.8, 4) is 0 Å². The largest absolute Gasteiger partial charge is 0.324 e. The number of aromatic nitrogens is 1. The summed E-state index contributed by atoms with van der Waals surface area (Å²) in [6.45, 7) is 1.12. The molecule has 0 spiro atoms. The molecule has 0 N–H and O–H groups in total. The molecule has 0 aliphatic rings. The quantitative estimate of drug-likeness (QED) is 0.453. The number of thiazole rings is 1. The van der Waals surface area contributed by atoms with Crippen molar-refractivity contribution in [2.75, 3.05) is 32.1 Å². The third kappa shape index (κ3) is 4.36. The van der Waals surface area contributed by atoms with Crippen molar-refractivity contribution in [1.82, 2.24) is 9.88 Å². The van der Waals surface area contributed by atoms with Crippen LogP contribution in [0.4, 0.5) is 10.1 Å². The average molecular weight is 413 g/mol. The zero-order valence-electron chi connectivity index (χ0n) is 14.1. The van der Waals surface area contributed by atoms with Gasteiger partial charge in [0.1, 0.15) is 0 Å². The molecule has 1 aromatic carbocycles. The van der Waals surface area contributed by atoms with Crippen LogP contribution in [-0.2, 0) is 0 Å². The normalized spacial score (nSPS) is 10.7. The molecule has 2 heterocycles. The lowest BCUT2D eigenvalue weighted by Gasteiger charge is -2.21. The number of anilines is 1. The molecule has 0 aliphatic carbocycles. The number of amides is 1. The van der Waals surface area contributed by atoms with Gasteiger partial charge in [-0.2, -0.15) is 0 Å². The number of hydrogen-bond acceptors (Lipinski definition) is 7. The zero-order chi connectivity index (χ0) is 18.0. The number of carbonyl (C=O) groups excluding carboxylic acids is 1. The van der Waals surface area contributed by atoms with E-state index in [1.165, 1.54) is 23.5 Å². The van der Waals surface area contributed by atoms with Crippen LogP contribution in [-0.4, -0.2) is 47.9 Å². The van der Waals surface area contributed by atoms with Crippen LogP contribution in [0.3, 0.4) is 0 Å². The number of fused-ring (bicyclic) bond motifs is 1. The second kappa shape index (κ2) is 8.54. The van der Waals surface area contributed by atoms with Gasteiger partial charge < -0.3 is 4.90 Å². The number of nitro groups is 1. The monoisotopic (exact) mass is 412 g/mol. The number of rotatable bonds is 6. The fourth-order valence-electron chi connectivity index (χ4n) is 2.23. The molecule has 0 unspecified atom stereocenters. The molecule has 0 bridgehead atoms. The lowest BCUT2D eigenvalue weighted by molar-refractivity contribution is -0.380. The minimum atomic E-state index is -0.483. The first kappa shape index (κ1) is 20.2. The molecule has 138 valence electrons. The van der Waals surface area contributed by atoms with E-state index in [2.05, 4.69) is 4.98 Å². The van der Waals surface area contributed by atoms with E-state index in [9.17, 15) is 14.9 Å². The summed E-state index contributed by atoms with van der Waals surface area (Å²) in [4.78, 5) is 31.8. The van der Waals surface area contributed by atoms with Crippen molar-refractivity contribution >= 4 is 61.3 Å². The summed E-state index contributed by atoms with van der Waals surface area (Å²) in [7, 11) is 3.86. The summed E-state index contributed by atoms with van der Waals surface area (Å²) in [6, 6.07) is 10.6. The van der Waals surface area contributed by atoms with Gasteiger partial charge in [-0.3, -0.25) is 19.8 Å². The highest BCUT2D eigenvalue weighted by Crippen LogP contribution is 2.31. The minimum absolute atomic E-state index is 0. The number of hydrogen-bond donors (Lipinski definition) is 0. The summed E-state index contributed by atoms with van der Waals surface area (Å²) in [5, 5.41) is 11.4. The van der Waals surface area contributed by atoms with Gasteiger partial charge in [-0.25, -0.2) is 4.98 Å². The standard InChI is InChI=1S/C16H16N4O3S2.ClH/c1-18(2)9-10-19(15(21)13-7-8-14(24-13)20(22)23)16-17-11-5-3-4-6-12(11)25-16;/h3-8H,9-10H2,1-2H3;1H. The molecule has 2 aromatic heterocycles. The number of halogens is 1. The topological polar surface area (TPSA) is 79.6 Å². The molecule has 0 saturated heterocycles. The molecule has 26 heavy (non-hydrogen) atoms. The number of nitrogens with zero attached hydrogens (tertiary/aromatic N) is 4. The van der Waals surface area contributed by atoms with Crippen LogP contribution in [0.2, 0.25) is 0 Å². The van der Waals surface area contributed by atoms with E-state index < -0.39 is 4.92 Å². The number of para-hydroxylation sites is 1. The summed E-state index contributed by atoms with van der Waals surface area (Å²) in [5.74, 6) is -0.265. The SMILES string of the molecule is CN(C)CCN(C(=O)c1ccc([N+](=O)[O-])s1)c1nc2ccccc2s1.Cl. The van der Waals surface area contributed by atoms with Crippen LogP contribution in [0, 0.1) is 10.1 Å². The van der Waals surface area contributed by atoms with Crippen molar-refractivity contribution in [1.29, 1.82) is 0 Å². The van der Waals surface area contributed by atoms with Gasteiger partial charge in [-0.15, -0.1) is 12.4 Å². The number of thiophene rings is 1. The lowest BCUT2D eigenvalue weighted by Crippen LogP contribution is -2.36. The maximum atomic E-state index is 12.9. The smallest absolute Gasteiger partial charge is 0.308 e. The zero-order valence-corrected chi connectivity index (χ0v) is 16.6. The second-order valence-electron chi connectivity index (χ2n) is 5.62. The fraction of sp³-hybridized carbons (Fsp3) is 0.250. The Bertz CT molecular complexity index is 892. The summed E-state index contributed by atoms with van der Waals surface area (Å²) >= 11 is 2.33. The fourth-order valence-corrected chi connectivity index (χ4v) is 3.99. The maximum absolute atomic E-state index is 12.9. The number of likely N-dealkylation sites (N-methyl/N-ethyl adjacent to an activating group) is 1. The summed E-state index contributed by atoms with van der Waals surface area (Å²) < 4.78 is 0.998. The van der Waals surface area contributed by atoms with Gasteiger partial charge in [0.2, 0.25) is 0 Å². The highest BCUT2D eigenvalue weighted by atomic mass is 35.5. The van der Waals surface area contributed by atoms with Gasteiger partial charge in [0.05, 0.1) is 20.0 Å². The third-order valence-corrected chi connectivity index (χ3v) is 5.60. The molecule has 0 saturated carbocycles. The van der Waals surface area contributed by atoms with Gasteiger partial charge in [-0.05, 0) is 32.3 Å². The lowest BCUT2D eigenvalue weighted by atomic mass is 10.3. The van der Waals surface area contributed by atoms with Crippen LogP contribution in [0.15, 0.2) is 36.4 Å². The Morgan fingerprint density at radius 2 is 1.88 bits per heavy atom. The molecule has 7 nitrogen and oxygen atoms in total. The van der Waals surface area contributed by atoms with Crippen molar-refractivity contribution in [3.05, 3.63) is 51.4 Å². The van der Waals surface area contributed by atoms with E-state index in [0.717, 1.165) is 21.6 Å². The molecule has 10 heteroatoms. The molecular weight excluding hydrogens is 396 g/mol. The van der Waals surface area contributed by atoms with Crippen LogP contribution in [0.25, 0.3) is 10.2 Å². The molecule has 0 radical (unpaired) electrons. The second-order valence-corrected chi connectivity index (χ2v) is 7.69. The van der Waals surface area contributed by atoms with Crippen LogP contribution in [0.1, 0.15) is 9.67 Å². The Morgan fingerprint density at radius 1 is 1.15 bits per heavy atom.